The number of benzene rings is 1. The zero-order chi connectivity index (χ0) is 12.6. The number of aliphatic hydroxyl groups is 1. The zero-order valence-electron chi connectivity index (χ0n) is 9.54. The van der Waals surface area contributed by atoms with Crippen LogP contribution in [0.3, 0.4) is 0 Å². The lowest BCUT2D eigenvalue weighted by atomic mass is 10.0. The van der Waals surface area contributed by atoms with E-state index in [1.807, 2.05) is 6.92 Å². The van der Waals surface area contributed by atoms with Gasteiger partial charge in [-0.25, -0.2) is 0 Å². The Balaban J connectivity index is 2.06. The van der Waals surface area contributed by atoms with Crippen molar-refractivity contribution in [3.05, 3.63) is 35.4 Å². The first-order valence-electron chi connectivity index (χ1n) is 5.72. The summed E-state index contributed by atoms with van der Waals surface area (Å²) >= 11 is 0. The van der Waals surface area contributed by atoms with E-state index >= 15 is 0 Å². The lowest BCUT2D eigenvalue weighted by Crippen LogP contribution is -2.14. The molecule has 1 aliphatic rings. The Kier molecular flexibility index (Phi) is 3.17. The minimum absolute atomic E-state index is 0.254. The van der Waals surface area contributed by atoms with Crippen LogP contribution >= 0.6 is 0 Å². The second-order valence-corrected chi connectivity index (χ2v) is 4.85. The van der Waals surface area contributed by atoms with Crippen molar-refractivity contribution in [2.75, 3.05) is 0 Å². The summed E-state index contributed by atoms with van der Waals surface area (Å²) in [6.07, 6.45) is -3.55. The van der Waals surface area contributed by atoms with Gasteiger partial charge in [0, 0.05) is 0 Å². The summed E-state index contributed by atoms with van der Waals surface area (Å²) in [6.45, 7) is 2.04. The van der Waals surface area contributed by atoms with Crippen LogP contribution in [0.4, 0.5) is 13.2 Å². The molecule has 0 amide bonds. The Hall–Kier alpha value is -1.03. The molecule has 2 rings (SSSR count). The molecule has 1 N–H and O–H groups in total. The standard InChI is InChI=1S/C13H15F3O/c1-8-5-11(8)12(17)7-9-3-2-4-10(6-9)13(14,15)16/h2-4,6,8,11-12,17H,5,7H2,1H3. The molecule has 1 aliphatic carbocycles. The Bertz CT molecular complexity index is 400. The average Bonchev–Trinajstić information content (AvgIpc) is 2.95. The molecular weight excluding hydrogens is 229 g/mol. The van der Waals surface area contributed by atoms with Crippen LogP contribution in [0.1, 0.15) is 24.5 Å². The molecule has 0 radical (unpaired) electrons. The minimum atomic E-state index is -4.31. The molecule has 1 nitrogen and oxygen atoms in total. The largest absolute Gasteiger partial charge is 0.416 e. The van der Waals surface area contributed by atoms with Gasteiger partial charge in [-0.05, 0) is 36.3 Å². The fourth-order valence-electron chi connectivity index (χ4n) is 2.15. The number of aliphatic hydroxyl groups excluding tert-OH is 1. The Labute approximate surface area is 98.3 Å². The molecule has 1 aromatic carbocycles. The molecule has 1 fully saturated rings. The SMILES string of the molecule is CC1CC1C(O)Cc1cccc(C(F)(F)F)c1. The molecule has 3 atom stereocenters. The Morgan fingerprint density at radius 1 is 1.41 bits per heavy atom. The number of hydrogen-bond donors (Lipinski definition) is 1. The van der Waals surface area contributed by atoms with Crippen molar-refractivity contribution in [3.8, 4) is 0 Å². The van der Waals surface area contributed by atoms with Crippen molar-refractivity contribution in [2.24, 2.45) is 11.8 Å². The maximum Gasteiger partial charge on any atom is 0.416 e. The molecular formula is C13H15F3O. The van der Waals surface area contributed by atoms with E-state index in [2.05, 4.69) is 0 Å². The van der Waals surface area contributed by atoms with Crippen LogP contribution in [-0.4, -0.2) is 11.2 Å². The third-order valence-corrected chi connectivity index (χ3v) is 3.37. The van der Waals surface area contributed by atoms with E-state index in [1.165, 1.54) is 6.07 Å². The normalized spacial score (nSPS) is 25.7. The number of halogens is 3. The fraction of sp³-hybridized carbons (Fsp3) is 0.538. The number of rotatable bonds is 3. The van der Waals surface area contributed by atoms with Crippen LogP contribution in [0.15, 0.2) is 24.3 Å². The summed E-state index contributed by atoms with van der Waals surface area (Å²) in [4.78, 5) is 0. The lowest BCUT2D eigenvalue weighted by Gasteiger charge is -2.12. The van der Waals surface area contributed by atoms with Gasteiger partial charge in [0.2, 0.25) is 0 Å². The van der Waals surface area contributed by atoms with Crippen LogP contribution in [0.2, 0.25) is 0 Å². The summed E-state index contributed by atoms with van der Waals surface area (Å²) in [6, 6.07) is 5.19. The summed E-state index contributed by atoms with van der Waals surface area (Å²) in [5.41, 5.74) is -0.0996. The van der Waals surface area contributed by atoms with Crippen molar-refractivity contribution in [2.45, 2.75) is 32.0 Å². The molecule has 17 heavy (non-hydrogen) atoms. The molecule has 0 saturated heterocycles. The van der Waals surface area contributed by atoms with Crippen molar-refractivity contribution in [1.29, 1.82) is 0 Å². The third-order valence-electron chi connectivity index (χ3n) is 3.37. The van der Waals surface area contributed by atoms with E-state index < -0.39 is 17.8 Å². The number of alkyl halides is 3. The molecule has 0 spiro atoms. The molecule has 0 aromatic heterocycles. The highest BCUT2D eigenvalue weighted by molar-refractivity contribution is 5.26. The van der Waals surface area contributed by atoms with Gasteiger partial charge in [0.1, 0.15) is 0 Å². The predicted molar refractivity (Wildman–Crippen MR) is 58.4 cm³/mol. The van der Waals surface area contributed by atoms with Crippen LogP contribution < -0.4 is 0 Å². The summed E-state index contributed by atoms with van der Waals surface area (Å²) in [5.74, 6) is 0.750. The smallest absolute Gasteiger partial charge is 0.392 e. The van der Waals surface area contributed by atoms with Gasteiger partial charge in [-0.15, -0.1) is 0 Å². The summed E-state index contributed by atoms with van der Waals surface area (Å²) in [7, 11) is 0. The first-order chi connectivity index (χ1) is 7.88. The van der Waals surface area contributed by atoms with Crippen molar-refractivity contribution < 1.29 is 18.3 Å². The van der Waals surface area contributed by atoms with Crippen LogP contribution in [0.5, 0.6) is 0 Å². The molecule has 0 bridgehead atoms. The van der Waals surface area contributed by atoms with Gasteiger partial charge in [0.25, 0.3) is 0 Å². The topological polar surface area (TPSA) is 20.2 Å². The maximum absolute atomic E-state index is 12.5. The van der Waals surface area contributed by atoms with E-state index in [1.54, 1.807) is 6.07 Å². The van der Waals surface area contributed by atoms with Gasteiger partial charge >= 0.3 is 6.18 Å². The summed E-state index contributed by atoms with van der Waals surface area (Å²) < 4.78 is 37.4. The quantitative estimate of drug-likeness (QED) is 0.865. The van der Waals surface area contributed by atoms with Crippen molar-refractivity contribution in [3.63, 3.8) is 0 Å². The Morgan fingerprint density at radius 2 is 2.06 bits per heavy atom. The molecule has 0 aliphatic heterocycles. The van der Waals surface area contributed by atoms with Gasteiger partial charge in [0.15, 0.2) is 0 Å². The molecule has 1 saturated carbocycles. The van der Waals surface area contributed by atoms with E-state index in [0.717, 1.165) is 18.6 Å². The van der Waals surface area contributed by atoms with E-state index in [0.29, 0.717) is 17.9 Å². The molecule has 1 aromatic rings. The predicted octanol–water partition coefficient (Wildman–Crippen LogP) is 3.26. The van der Waals surface area contributed by atoms with Crippen LogP contribution in [0.25, 0.3) is 0 Å². The van der Waals surface area contributed by atoms with Gasteiger partial charge in [-0.1, -0.05) is 25.1 Å². The monoisotopic (exact) mass is 244 g/mol. The first kappa shape index (κ1) is 12.4. The van der Waals surface area contributed by atoms with Gasteiger partial charge in [0.05, 0.1) is 11.7 Å². The maximum atomic E-state index is 12.5. The van der Waals surface area contributed by atoms with Gasteiger partial charge in [-0.2, -0.15) is 13.2 Å². The van der Waals surface area contributed by atoms with Crippen LogP contribution in [-0.2, 0) is 12.6 Å². The third kappa shape index (κ3) is 3.00. The Morgan fingerprint density at radius 3 is 2.59 bits per heavy atom. The van der Waals surface area contributed by atoms with Crippen LogP contribution in [0, 0.1) is 11.8 Å². The van der Waals surface area contributed by atoms with Gasteiger partial charge < -0.3 is 5.11 Å². The van der Waals surface area contributed by atoms with Crippen molar-refractivity contribution >= 4 is 0 Å². The molecule has 4 heteroatoms. The highest BCUT2D eigenvalue weighted by atomic mass is 19.4. The summed E-state index contributed by atoms with van der Waals surface area (Å²) in [5, 5.41) is 9.83. The first-order valence-corrected chi connectivity index (χ1v) is 5.72. The lowest BCUT2D eigenvalue weighted by molar-refractivity contribution is -0.137. The molecule has 94 valence electrons. The van der Waals surface area contributed by atoms with Crippen molar-refractivity contribution in [1.82, 2.24) is 0 Å². The van der Waals surface area contributed by atoms with E-state index in [4.69, 9.17) is 0 Å². The fourth-order valence-corrected chi connectivity index (χ4v) is 2.15. The van der Waals surface area contributed by atoms with E-state index in [-0.39, 0.29) is 5.92 Å². The number of hydrogen-bond acceptors (Lipinski definition) is 1. The van der Waals surface area contributed by atoms with Gasteiger partial charge in [-0.3, -0.25) is 0 Å². The zero-order valence-corrected chi connectivity index (χ0v) is 9.54. The molecule has 0 heterocycles. The van der Waals surface area contributed by atoms with E-state index in [9.17, 15) is 18.3 Å². The highest BCUT2D eigenvalue weighted by Gasteiger charge is 2.38. The average molecular weight is 244 g/mol. The molecule has 3 unspecified atom stereocenters. The minimum Gasteiger partial charge on any atom is -0.392 e. The second kappa shape index (κ2) is 4.33. The highest BCUT2D eigenvalue weighted by Crippen LogP contribution is 2.41. The second-order valence-electron chi connectivity index (χ2n) is 4.85.